The molecule has 0 aromatic heterocycles. The first kappa shape index (κ1) is 13.8. The largest absolute Gasteiger partial charge is 0.335 e. The van der Waals surface area contributed by atoms with Gasteiger partial charge in [0, 0.05) is 6.04 Å². The quantitative estimate of drug-likeness (QED) is 0.862. The van der Waals surface area contributed by atoms with Crippen LogP contribution < -0.4 is 10.6 Å². The molecule has 104 valence electrons. The second-order valence-electron chi connectivity index (χ2n) is 5.16. The molecule has 0 unspecified atom stereocenters. The average molecular weight is 265 g/mol. The number of anilines is 1. The third-order valence-corrected chi connectivity index (χ3v) is 3.42. The summed E-state index contributed by atoms with van der Waals surface area (Å²) in [6, 6.07) is 4.50. The lowest BCUT2D eigenvalue weighted by Crippen LogP contribution is -2.44. The van der Waals surface area contributed by atoms with Crippen LogP contribution in [-0.2, 0) is 0 Å². The molecule has 0 radical (unpaired) electrons. The number of nitrogens with zero attached hydrogens (tertiary/aromatic N) is 1. The maximum Gasteiger partial charge on any atom is 0.319 e. The average Bonchev–Trinajstić information content (AvgIpc) is 2.37. The summed E-state index contributed by atoms with van der Waals surface area (Å²) >= 11 is 0. The van der Waals surface area contributed by atoms with E-state index in [-0.39, 0.29) is 17.8 Å². The van der Waals surface area contributed by atoms with E-state index in [1.807, 2.05) is 6.92 Å². The van der Waals surface area contributed by atoms with Crippen molar-refractivity contribution in [2.45, 2.75) is 25.8 Å². The maximum atomic E-state index is 13.5. The van der Waals surface area contributed by atoms with Gasteiger partial charge in [-0.3, -0.25) is 0 Å². The van der Waals surface area contributed by atoms with Crippen LogP contribution in [0.1, 0.15) is 18.4 Å². The number of likely N-dealkylation sites (tertiary alicyclic amines) is 1. The van der Waals surface area contributed by atoms with Crippen molar-refractivity contribution < 1.29 is 9.18 Å². The first-order valence-corrected chi connectivity index (χ1v) is 6.57. The molecular weight excluding hydrogens is 245 g/mol. The Kier molecular flexibility index (Phi) is 4.37. The van der Waals surface area contributed by atoms with E-state index in [1.54, 1.807) is 12.1 Å². The number of halogens is 1. The Balaban J connectivity index is 1.89. The number of aryl methyl sites for hydroxylation is 1. The SMILES string of the molecule is Cc1ccc(F)c(NC(=O)NC2CCN(C)CC2)c1. The first-order chi connectivity index (χ1) is 9.04. The van der Waals surface area contributed by atoms with Gasteiger partial charge in [-0.15, -0.1) is 0 Å². The van der Waals surface area contributed by atoms with Crippen LogP contribution in [0, 0.1) is 12.7 Å². The van der Waals surface area contributed by atoms with E-state index in [1.165, 1.54) is 6.07 Å². The van der Waals surface area contributed by atoms with Crippen LogP contribution >= 0.6 is 0 Å². The van der Waals surface area contributed by atoms with Crippen LogP contribution in [0.5, 0.6) is 0 Å². The van der Waals surface area contributed by atoms with Gasteiger partial charge in [0.15, 0.2) is 0 Å². The number of hydrogen-bond donors (Lipinski definition) is 2. The normalized spacial score (nSPS) is 17.2. The first-order valence-electron chi connectivity index (χ1n) is 6.57. The second kappa shape index (κ2) is 6.02. The van der Waals surface area contributed by atoms with Crippen molar-refractivity contribution in [3.05, 3.63) is 29.6 Å². The summed E-state index contributed by atoms with van der Waals surface area (Å²) in [7, 11) is 2.07. The molecule has 2 rings (SSSR count). The highest BCUT2D eigenvalue weighted by Crippen LogP contribution is 2.16. The van der Waals surface area contributed by atoms with Crippen LogP contribution in [0.15, 0.2) is 18.2 Å². The van der Waals surface area contributed by atoms with E-state index in [4.69, 9.17) is 0 Å². The highest BCUT2D eigenvalue weighted by atomic mass is 19.1. The standard InChI is InChI=1S/C14H20FN3O/c1-10-3-4-12(15)13(9-10)17-14(19)16-11-5-7-18(2)8-6-11/h3-4,9,11H,5-8H2,1-2H3,(H2,16,17,19). The minimum Gasteiger partial charge on any atom is -0.335 e. The number of urea groups is 1. The number of hydrogen-bond acceptors (Lipinski definition) is 2. The van der Waals surface area contributed by atoms with Gasteiger partial charge in [0.2, 0.25) is 0 Å². The molecule has 1 aliphatic rings. The summed E-state index contributed by atoms with van der Waals surface area (Å²) in [6.07, 6.45) is 1.86. The van der Waals surface area contributed by atoms with Crippen molar-refractivity contribution in [2.75, 3.05) is 25.5 Å². The molecule has 4 nitrogen and oxygen atoms in total. The van der Waals surface area contributed by atoms with Crippen LogP contribution in [0.25, 0.3) is 0 Å². The summed E-state index contributed by atoms with van der Waals surface area (Å²) in [5.74, 6) is -0.413. The third kappa shape index (κ3) is 3.92. The second-order valence-corrected chi connectivity index (χ2v) is 5.16. The molecule has 1 aliphatic heterocycles. The van der Waals surface area contributed by atoms with Gasteiger partial charge in [-0.05, 0) is 57.6 Å². The molecule has 1 saturated heterocycles. The molecule has 0 atom stereocenters. The molecule has 0 saturated carbocycles. The van der Waals surface area contributed by atoms with Crippen LogP contribution in [0.4, 0.5) is 14.9 Å². The van der Waals surface area contributed by atoms with Crippen molar-refractivity contribution >= 4 is 11.7 Å². The number of piperidine rings is 1. The Labute approximate surface area is 113 Å². The van der Waals surface area contributed by atoms with Gasteiger partial charge in [0.05, 0.1) is 5.69 Å². The molecule has 2 amide bonds. The Bertz CT molecular complexity index is 456. The van der Waals surface area contributed by atoms with E-state index in [9.17, 15) is 9.18 Å². The Morgan fingerprint density at radius 1 is 1.37 bits per heavy atom. The molecule has 5 heteroatoms. The molecular formula is C14H20FN3O. The van der Waals surface area contributed by atoms with Crippen LogP contribution in [-0.4, -0.2) is 37.1 Å². The van der Waals surface area contributed by atoms with Gasteiger partial charge >= 0.3 is 6.03 Å². The lowest BCUT2D eigenvalue weighted by Gasteiger charge is -2.29. The smallest absolute Gasteiger partial charge is 0.319 e. The fourth-order valence-corrected chi connectivity index (χ4v) is 2.23. The third-order valence-electron chi connectivity index (χ3n) is 3.42. The van der Waals surface area contributed by atoms with E-state index >= 15 is 0 Å². The summed E-state index contributed by atoms with van der Waals surface area (Å²) in [5, 5.41) is 5.46. The molecule has 1 heterocycles. The van der Waals surface area contributed by atoms with Crippen LogP contribution in [0.3, 0.4) is 0 Å². The fraction of sp³-hybridized carbons (Fsp3) is 0.500. The lowest BCUT2D eigenvalue weighted by atomic mass is 10.1. The van der Waals surface area contributed by atoms with Gasteiger partial charge < -0.3 is 15.5 Å². The molecule has 0 bridgehead atoms. The monoisotopic (exact) mass is 265 g/mol. The van der Waals surface area contributed by atoms with Gasteiger partial charge in [-0.2, -0.15) is 0 Å². The molecule has 0 spiro atoms. The molecule has 19 heavy (non-hydrogen) atoms. The highest BCUT2D eigenvalue weighted by molar-refractivity contribution is 5.89. The summed E-state index contributed by atoms with van der Waals surface area (Å²) < 4.78 is 13.5. The van der Waals surface area contributed by atoms with Crippen molar-refractivity contribution in [2.24, 2.45) is 0 Å². The van der Waals surface area contributed by atoms with Gasteiger partial charge in [-0.25, -0.2) is 9.18 Å². The number of carbonyl (C=O) groups is 1. The number of rotatable bonds is 2. The van der Waals surface area contributed by atoms with E-state index in [2.05, 4.69) is 22.6 Å². The number of benzene rings is 1. The minimum atomic E-state index is -0.413. The predicted molar refractivity (Wildman–Crippen MR) is 73.8 cm³/mol. The predicted octanol–water partition coefficient (Wildman–Crippen LogP) is 2.35. The highest BCUT2D eigenvalue weighted by Gasteiger charge is 2.18. The maximum absolute atomic E-state index is 13.5. The van der Waals surface area contributed by atoms with Crippen molar-refractivity contribution in [3.8, 4) is 0 Å². The Morgan fingerprint density at radius 3 is 2.74 bits per heavy atom. The fourth-order valence-electron chi connectivity index (χ4n) is 2.23. The lowest BCUT2D eigenvalue weighted by molar-refractivity contribution is 0.221. The van der Waals surface area contributed by atoms with Crippen molar-refractivity contribution in [3.63, 3.8) is 0 Å². The molecule has 0 aliphatic carbocycles. The summed E-state index contributed by atoms with van der Waals surface area (Å²) in [5.41, 5.74) is 1.14. The van der Waals surface area contributed by atoms with Gasteiger partial charge in [0.25, 0.3) is 0 Å². The molecule has 1 aromatic carbocycles. The zero-order chi connectivity index (χ0) is 13.8. The number of carbonyl (C=O) groups excluding carboxylic acids is 1. The molecule has 2 N–H and O–H groups in total. The van der Waals surface area contributed by atoms with Crippen molar-refractivity contribution in [1.82, 2.24) is 10.2 Å². The summed E-state index contributed by atoms with van der Waals surface area (Å²) in [4.78, 5) is 14.1. The van der Waals surface area contributed by atoms with Gasteiger partial charge in [0.1, 0.15) is 5.82 Å². The Morgan fingerprint density at radius 2 is 2.05 bits per heavy atom. The van der Waals surface area contributed by atoms with Crippen molar-refractivity contribution in [1.29, 1.82) is 0 Å². The minimum absolute atomic E-state index is 0.170. The zero-order valence-corrected chi connectivity index (χ0v) is 11.4. The summed E-state index contributed by atoms with van der Waals surface area (Å²) in [6.45, 7) is 3.81. The van der Waals surface area contributed by atoms with Crippen LogP contribution in [0.2, 0.25) is 0 Å². The van der Waals surface area contributed by atoms with E-state index in [0.717, 1.165) is 31.5 Å². The molecule has 1 aromatic rings. The van der Waals surface area contributed by atoms with E-state index < -0.39 is 5.82 Å². The van der Waals surface area contributed by atoms with Gasteiger partial charge in [-0.1, -0.05) is 6.07 Å². The number of nitrogens with one attached hydrogen (secondary N) is 2. The number of amides is 2. The molecule has 1 fully saturated rings. The Hall–Kier alpha value is -1.62. The van der Waals surface area contributed by atoms with E-state index in [0.29, 0.717) is 0 Å². The topological polar surface area (TPSA) is 44.4 Å². The zero-order valence-electron chi connectivity index (χ0n) is 11.4.